The number of para-hydroxylation sites is 2. The summed E-state index contributed by atoms with van der Waals surface area (Å²) < 4.78 is 16.2. The van der Waals surface area contributed by atoms with Gasteiger partial charge in [0.25, 0.3) is 0 Å². The van der Waals surface area contributed by atoms with Crippen molar-refractivity contribution in [3.05, 3.63) is 59.9 Å². The average Bonchev–Trinajstić information content (AvgIpc) is 2.96. The molecule has 0 spiro atoms. The van der Waals surface area contributed by atoms with E-state index in [-0.39, 0.29) is 11.9 Å². The van der Waals surface area contributed by atoms with Gasteiger partial charge in [0.2, 0.25) is 5.95 Å². The minimum absolute atomic E-state index is 0.208. The third kappa shape index (κ3) is 2.76. The molecule has 2 heterocycles. The molecule has 1 aliphatic rings. The van der Waals surface area contributed by atoms with Gasteiger partial charge in [0, 0.05) is 18.7 Å². The Balaban J connectivity index is 1.80. The first-order valence-electron chi connectivity index (χ1n) is 8.34. The van der Waals surface area contributed by atoms with Crippen molar-refractivity contribution in [1.82, 2.24) is 9.55 Å². The average molecular weight is 325 g/mol. The highest BCUT2D eigenvalue weighted by molar-refractivity contribution is 5.79. The molecule has 1 N–H and O–H groups in total. The number of β-amino-alcohol motifs (C(OH)–C–C–N with tert-alkyl or cyclic N) is 1. The lowest BCUT2D eigenvalue weighted by Crippen LogP contribution is -2.39. The van der Waals surface area contributed by atoms with Crippen LogP contribution in [-0.2, 0) is 6.54 Å². The maximum atomic E-state index is 14.1. The molecule has 5 heteroatoms. The molecule has 4 rings (SSSR count). The van der Waals surface area contributed by atoms with Crippen molar-refractivity contribution in [3.8, 4) is 0 Å². The van der Waals surface area contributed by atoms with Crippen LogP contribution in [0.3, 0.4) is 0 Å². The van der Waals surface area contributed by atoms with Crippen LogP contribution >= 0.6 is 0 Å². The maximum absolute atomic E-state index is 14.1. The Labute approximate surface area is 140 Å². The molecule has 1 saturated heterocycles. The van der Waals surface area contributed by atoms with E-state index in [1.54, 1.807) is 12.1 Å². The highest BCUT2D eigenvalue weighted by Crippen LogP contribution is 2.26. The molecule has 1 aromatic heterocycles. The number of nitrogens with zero attached hydrogens (tertiary/aromatic N) is 3. The van der Waals surface area contributed by atoms with Crippen LogP contribution in [0.4, 0.5) is 10.3 Å². The summed E-state index contributed by atoms with van der Waals surface area (Å²) in [6, 6.07) is 14.7. The minimum Gasteiger partial charge on any atom is -0.391 e. The number of hydrogen-bond acceptors (Lipinski definition) is 3. The molecule has 0 radical (unpaired) electrons. The fraction of sp³-hybridized carbons (Fsp3) is 0.316. The quantitative estimate of drug-likeness (QED) is 0.804. The number of anilines is 1. The fourth-order valence-corrected chi connectivity index (χ4v) is 3.39. The first kappa shape index (κ1) is 15.1. The standard InChI is InChI=1S/C19H20FN3O/c20-16-8-2-1-6-14(16)12-23-18-10-4-3-9-17(18)21-19(23)22-11-5-7-15(24)13-22/h1-4,6,8-10,15,24H,5,7,11-13H2/t15-/m0/s1. The monoisotopic (exact) mass is 325 g/mol. The van der Waals surface area contributed by atoms with Crippen LogP contribution in [0.15, 0.2) is 48.5 Å². The Morgan fingerprint density at radius 2 is 1.92 bits per heavy atom. The first-order valence-corrected chi connectivity index (χ1v) is 8.34. The summed E-state index contributed by atoms with van der Waals surface area (Å²) >= 11 is 0. The van der Waals surface area contributed by atoms with Gasteiger partial charge in [-0.25, -0.2) is 9.37 Å². The van der Waals surface area contributed by atoms with E-state index < -0.39 is 0 Å². The van der Waals surface area contributed by atoms with Crippen molar-refractivity contribution in [3.63, 3.8) is 0 Å². The van der Waals surface area contributed by atoms with Crippen molar-refractivity contribution in [2.75, 3.05) is 18.0 Å². The van der Waals surface area contributed by atoms with Gasteiger partial charge >= 0.3 is 0 Å². The summed E-state index contributed by atoms with van der Waals surface area (Å²) in [5, 5.41) is 10.0. The number of piperidine rings is 1. The van der Waals surface area contributed by atoms with Crippen LogP contribution in [0.1, 0.15) is 18.4 Å². The lowest BCUT2D eigenvalue weighted by Gasteiger charge is -2.31. The molecule has 0 saturated carbocycles. The number of aliphatic hydroxyl groups excluding tert-OH is 1. The zero-order valence-electron chi connectivity index (χ0n) is 13.4. The lowest BCUT2D eigenvalue weighted by molar-refractivity contribution is 0.153. The molecule has 3 aromatic rings. The second-order valence-electron chi connectivity index (χ2n) is 6.32. The largest absolute Gasteiger partial charge is 0.391 e. The van der Waals surface area contributed by atoms with Crippen molar-refractivity contribution < 1.29 is 9.50 Å². The second kappa shape index (κ2) is 6.24. The number of aliphatic hydroxyl groups is 1. The molecule has 0 unspecified atom stereocenters. The normalized spacial score (nSPS) is 18.2. The van der Waals surface area contributed by atoms with E-state index in [1.807, 2.05) is 34.9 Å². The van der Waals surface area contributed by atoms with E-state index in [1.165, 1.54) is 6.07 Å². The van der Waals surface area contributed by atoms with E-state index in [4.69, 9.17) is 4.98 Å². The Morgan fingerprint density at radius 1 is 1.12 bits per heavy atom. The number of benzene rings is 2. The van der Waals surface area contributed by atoms with Gasteiger partial charge < -0.3 is 14.6 Å². The van der Waals surface area contributed by atoms with Gasteiger partial charge in [0.1, 0.15) is 5.82 Å². The smallest absolute Gasteiger partial charge is 0.206 e. The van der Waals surface area contributed by atoms with Crippen molar-refractivity contribution in [2.24, 2.45) is 0 Å². The van der Waals surface area contributed by atoms with Crippen molar-refractivity contribution in [2.45, 2.75) is 25.5 Å². The zero-order chi connectivity index (χ0) is 16.5. The lowest BCUT2D eigenvalue weighted by atomic mass is 10.1. The molecule has 0 aliphatic carbocycles. The van der Waals surface area contributed by atoms with Gasteiger partial charge in [-0.15, -0.1) is 0 Å². The number of hydrogen-bond donors (Lipinski definition) is 1. The summed E-state index contributed by atoms with van der Waals surface area (Å²) in [7, 11) is 0. The van der Waals surface area contributed by atoms with Gasteiger partial charge in [-0.3, -0.25) is 0 Å². The minimum atomic E-state index is -0.333. The third-order valence-corrected chi connectivity index (χ3v) is 4.60. The summed E-state index contributed by atoms with van der Waals surface area (Å²) in [5.41, 5.74) is 2.51. The van der Waals surface area contributed by atoms with Crippen LogP contribution in [0.5, 0.6) is 0 Å². The van der Waals surface area contributed by atoms with Gasteiger partial charge in [0.05, 0.1) is 23.7 Å². The molecule has 1 aliphatic heterocycles. The molecule has 0 amide bonds. The zero-order valence-corrected chi connectivity index (χ0v) is 13.4. The Hall–Kier alpha value is -2.40. The number of halogens is 1. The molecule has 1 atom stereocenters. The molecule has 0 bridgehead atoms. The second-order valence-corrected chi connectivity index (χ2v) is 6.32. The van der Waals surface area contributed by atoms with E-state index in [9.17, 15) is 9.50 Å². The van der Waals surface area contributed by atoms with Crippen LogP contribution in [0, 0.1) is 5.82 Å². The molecular weight excluding hydrogens is 305 g/mol. The molecular formula is C19H20FN3O. The number of aromatic nitrogens is 2. The summed E-state index contributed by atoms with van der Waals surface area (Å²) in [5.74, 6) is 0.595. The van der Waals surface area contributed by atoms with Gasteiger partial charge in [-0.1, -0.05) is 30.3 Å². The first-order chi connectivity index (χ1) is 11.7. The van der Waals surface area contributed by atoms with Gasteiger partial charge in [-0.05, 0) is 31.0 Å². The van der Waals surface area contributed by atoms with E-state index in [2.05, 4.69) is 4.90 Å². The highest BCUT2D eigenvalue weighted by atomic mass is 19.1. The number of fused-ring (bicyclic) bond motifs is 1. The molecule has 24 heavy (non-hydrogen) atoms. The number of imidazole rings is 1. The van der Waals surface area contributed by atoms with Gasteiger partial charge in [-0.2, -0.15) is 0 Å². The Morgan fingerprint density at radius 3 is 2.75 bits per heavy atom. The summed E-state index contributed by atoms with van der Waals surface area (Å²) in [6.45, 7) is 1.85. The third-order valence-electron chi connectivity index (χ3n) is 4.60. The van der Waals surface area contributed by atoms with Gasteiger partial charge in [0.15, 0.2) is 0 Å². The van der Waals surface area contributed by atoms with Crippen LogP contribution in [-0.4, -0.2) is 33.9 Å². The fourth-order valence-electron chi connectivity index (χ4n) is 3.39. The molecule has 1 fully saturated rings. The molecule has 4 nitrogen and oxygen atoms in total. The van der Waals surface area contributed by atoms with Crippen molar-refractivity contribution in [1.29, 1.82) is 0 Å². The molecule has 2 aromatic carbocycles. The van der Waals surface area contributed by atoms with Crippen LogP contribution in [0.2, 0.25) is 0 Å². The summed E-state index contributed by atoms with van der Waals surface area (Å²) in [6.07, 6.45) is 1.43. The number of rotatable bonds is 3. The van der Waals surface area contributed by atoms with E-state index in [0.717, 1.165) is 36.4 Å². The Bertz CT molecular complexity index is 861. The van der Waals surface area contributed by atoms with Crippen LogP contribution in [0.25, 0.3) is 11.0 Å². The predicted octanol–water partition coefficient (Wildman–Crippen LogP) is 3.18. The maximum Gasteiger partial charge on any atom is 0.206 e. The predicted molar refractivity (Wildman–Crippen MR) is 92.7 cm³/mol. The van der Waals surface area contributed by atoms with Crippen LogP contribution < -0.4 is 4.90 Å². The van der Waals surface area contributed by atoms with E-state index >= 15 is 0 Å². The SMILES string of the molecule is O[C@H]1CCCN(c2nc3ccccc3n2Cc2ccccc2F)C1. The van der Waals surface area contributed by atoms with Crippen molar-refractivity contribution >= 4 is 17.0 Å². The topological polar surface area (TPSA) is 41.3 Å². The Kier molecular flexibility index (Phi) is 3.94. The van der Waals surface area contributed by atoms with E-state index in [0.29, 0.717) is 18.7 Å². The highest BCUT2D eigenvalue weighted by Gasteiger charge is 2.23. The summed E-state index contributed by atoms with van der Waals surface area (Å²) in [4.78, 5) is 6.86. The molecule has 124 valence electrons.